The van der Waals surface area contributed by atoms with Gasteiger partial charge in [0.1, 0.15) is 5.75 Å². The van der Waals surface area contributed by atoms with Crippen molar-refractivity contribution >= 4 is 0 Å². The van der Waals surface area contributed by atoms with Gasteiger partial charge in [-0.05, 0) is 42.6 Å². The van der Waals surface area contributed by atoms with Crippen LogP contribution in [0.3, 0.4) is 0 Å². The Labute approximate surface area is 111 Å². The summed E-state index contributed by atoms with van der Waals surface area (Å²) in [6, 6.07) is 7.08. The number of nitrogens with one attached hydrogen (secondary N) is 1. The Morgan fingerprint density at radius 3 is 2.94 bits per heavy atom. The lowest BCUT2D eigenvalue weighted by molar-refractivity contribution is 0.410. The topological polar surface area (TPSA) is 21.3 Å². The summed E-state index contributed by atoms with van der Waals surface area (Å²) in [6.45, 7) is 3.36. The van der Waals surface area contributed by atoms with E-state index < -0.39 is 0 Å². The standard InChI is InChI=1S/C16H25NO/c1-3-4-5-6-7-16-15-9-8-14(18-2)12-13(15)10-11-17-16/h8-9,12,16-17H,3-7,10-11H2,1-2H3. The predicted molar refractivity (Wildman–Crippen MR) is 76.2 cm³/mol. The van der Waals surface area contributed by atoms with Crippen LogP contribution in [-0.2, 0) is 6.42 Å². The zero-order chi connectivity index (χ0) is 12.8. The largest absolute Gasteiger partial charge is 0.497 e. The van der Waals surface area contributed by atoms with Crippen LogP contribution in [0, 0.1) is 0 Å². The molecule has 1 atom stereocenters. The lowest BCUT2D eigenvalue weighted by Crippen LogP contribution is -2.29. The van der Waals surface area contributed by atoms with Crippen LogP contribution in [0.1, 0.15) is 56.2 Å². The Bertz CT molecular complexity index is 375. The molecule has 0 spiro atoms. The van der Waals surface area contributed by atoms with Gasteiger partial charge in [-0.2, -0.15) is 0 Å². The van der Waals surface area contributed by atoms with Gasteiger partial charge in [-0.1, -0.05) is 38.7 Å². The molecular weight excluding hydrogens is 222 g/mol. The molecule has 2 heteroatoms. The zero-order valence-electron chi connectivity index (χ0n) is 11.7. The summed E-state index contributed by atoms with van der Waals surface area (Å²) >= 11 is 0. The molecule has 0 aliphatic carbocycles. The molecule has 0 amide bonds. The molecule has 1 aliphatic rings. The second kappa shape index (κ2) is 6.79. The van der Waals surface area contributed by atoms with E-state index in [0.29, 0.717) is 6.04 Å². The van der Waals surface area contributed by atoms with Crippen molar-refractivity contribution in [3.05, 3.63) is 29.3 Å². The number of methoxy groups -OCH3 is 1. The Balaban J connectivity index is 1.99. The molecule has 2 rings (SSSR count). The number of fused-ring (bicyclic) bond motifs is 1. The Morgan fingerprint density at radius 1 is 1.28 bits per heavy atom. The highest BCUT2D eigenvalue weighted by Gasteiger charge is 2.19. The molecule has 100 valence electrons. The van der Waals surface area contributed by atoms with Crippen LogP contribution in [0.25, 0.3) is 0 Å². The van der Waals surface area contributed by atoms with Crippen molar-refractivity contribution in [1.29, 1.82) is 0 Å². The normalized spacial score (nSPS) is 18.4. The number of hydrogen-bond donors (Lipinski definition) is 1. The second-order valence-corrected chi connectivity index (χ2v) is 5.17. The third kappa shape index (κ3) is 3.26. The van der Waals surface area contributed by atoms with E-state index in [4.69, 9.17) is 4.74 Å². The molecule has 1 aliphatic heterocycles. The Hall–Kier alpha value is -1.02. The minimum atomic E-state index is 0.552. The summed E-state index contributed by atoms with van der Waals surface area (Å²) in [5, 5.41) is 3.65. The number of rotatable bonds is 6. The van der Waals surface area contributed by atoms with Crippen molar-refractivity contribution in [2.45, 2.75) is 51.5 Å². The van der Waals surface area contributed by atoms with Crippen molar-refractivity contribution in [3.8, 4) is 5.75 Å². The average molecular weight is 247 g/mol. The van der Waals surface area contributed by atoms with E-state index in [-0.39, 0.29) is 0 Å². The highest BCUT2D eigenvalue weighted by atomic mass is 16.5. The minimum absolute atomic E-state index is 0.552. The van der Waals surface area contributed by atoms with Gasteiger partial charge in [-0.25, -0.2) is 0 Å². The molecule has 2 nitrogen and oxygen atoms in total. The summed E-state index contributed by atoms with van der Waals surface area (Å²) < 4.78 is 5.31. The molecule has 0 fully saturated rings. The van der Waals surface area contributed by atoms with Crippen LogP contribution in [0.15, 0.2) is 18.2 Å². The van der Waals surface area contributed by atoms with Crippen LogP contribution in [0.5, 0.6) is 5.75 Å². The van der Waals surface area contributed by atoms with E-state index in [9.17, 15) is 0 Å². The first-order valence-electron chi connectivity index (χ1n) is 7.25. The first-order valence-corrected chi connectivity index (χ1v) is 7.25. The molecule has 1 aromatic carbocycles. The van der Waals surface area contributed by atoms with Crippen molar-refractivity contribution in [3.63, 3.8) is 0 Å². The predicted octanol–water partition coefficient (Wildman–Crippen LogP) is 3.85. The highest BCUT2D eigenvalue weighted by Crippen LogP contribution is 2.29. The van der Waals surface area contributed by atoms with E-state index in [1.807, 2.05) is 0 Å². The fourth-order valence-corrected chi connectivity index (χ4v) is 2.79. The summed E-state index contributed by atoms with van der Waals surface area (Å²) in [6.07, 6.45) is 7.75. The van der Waals surface area contributed by atoms with Gasteiger partial charge in [0, 0.05) is 6.04 Å². The molecule has 1 aromatic rings. The van der Waals surface area contributed by atoms with E-state index in [1.165, 1.54) is 43.2 Å². The quantitative estimate of drug-likeness (QED) is 0.771. The van der Waals surface area contributed by atoms with Gasteiger partial charge < -0.3 is 10.1 Å². The first kappa shape index (κ1) is 13.4. The van der Waals surface area contributed by atoms with Crippen LogP contribution in [0.4, 0.5) is 0 Å². The maximum atomic E-state index is 5.31. The van der Waals surface area contributed by atoms with Gasteiger partial charge in [0.2, 0.25) is 0 Å². The smallest absolute Gasteiger partial charge is 0.119 e. The van der Waals surface area contributed by atoms with Gasteiger partial charge >= 0.3 is 0 Å². The molecule has 1 N–H and O–H groups in total. The lowest BCUT2D eigenvalue weighted by Gasteiger charge is -2.27. The third-order valence-electron chi connectivity index (χ3n) is 3.86. The van der Waals surface area contributed by atoms with Crippen molar-refractivity contribution in [1.82, 2.24) is 5.32 Å². The maximum Gasteiger partial charge on any atom is 0.119 e. The van der Waals surface area contributed by atoms with E-state index in [2.05, 4.69) is 30.4 Å². The fraction of sp³-hybridized carbons (Fsp3) is 0.625. The summed E-state index contributed by atoms with van der Waals surface area (Å²) in [7, 11) is 1.74. The molecule has 1 heterocycles. The molecule has 0 radical (unpaired) electrons. The van der Waals surface area contributed by atoms with Crippen molar-refractivity contribution in [2.24, 2.45) is 0 Å². The van der Waals surface area contributed by atoms with Gasteiger partial charge in [0.25, 0.3) is 0 Å². The maximum absolute atomic E-state index is 5.31. The monoisotopic (exact) mass is 247 g/mol. The number of hydrogen-bond acceptors (Lipinski definition) is 2. The third-order valence-corrected chi connectivity index (χ3v) is 3.86. The van der Waals surface area contributed by atoms with Gasteiger partial charge in [-0.3, -0.25) is 0 Å². The average Bonchev–Trinajstić information content (AvgIpc) is 2.43. The van der Waals surface area contributed by atoms with Gasteiger partial charge in [0.05, 0.1) is 7.11 Å². The van der Waals surface area contributed by atoms with Crippen molar-refractivity contribution in [2.75, 3.05) is 13.7 Å². The lowest BCUT2D eigenvalue weighted by atomic mass is 9.91. The van der Waals surface area contributed by atoms with E-state index in [0.717, 1.165) is 18.7 Å². The van der Waals surface area contributed by atoms with E-state index in [1.54, 1.807) is 7.11 Å². The zero-order valence-corrected chi connectivity index (χ0v) is 11.7. The summed E-state index contributed by atoms with van der Waals surface area (Å²) in [4.78, 5) is 0. The number of unbranched alkanes of at least 4 members (excludes halogenated alkanes) is 3. The SMILES string of the molecule is CCCCCCC1NCCc2cc(OC)ccc21. The fourth-order valence-electron chi connectivity index (χ4n) is 2.79. The minimum Gasteiger partial charge on any atom is -0.497 e. The number of ether oxygens (including phenoxy) is 1. The van der Waals surface area contributed by atoms with Crippen LogP contribution in [-0.4, -0.2) is 13.7 Å². The Kier molecular flexibility index (Phi) is 5.06. The number of benzene rings is 1. The Morgan fingerprint density at radius 2 is 2.17 bits per heavy atom. The van der Waals surface area contributed by atoms with Crippen molar-refractivity contribution < 1.29 is 4.74 Å². The molecule has 0 aromatic heterocycles. The van der Waals surface area contributed by atoms with Crippen LogP contribution >= 0.6 is 0 Å². The summed E-state index contributed by atoms with van der Waals surface area (Å²) in [5.74, 6) is 0.986. The molecule has 18 heavy (non-hydrogen) atoms. The summed E-state index contributed by atoms with van der Waals surface area (Å²) in [5.41, 5.74) is 2.95. The van der Waals surface area contributed by atoms with Crippen LogP contribution in [0.2, 0.25) is 0 Å². The second-order valence-electron chi connectivity index (χ2n) is 5.17. The molecule has 0 saturated carbocycles. The molecule has 0 bridgehead atoms. The molecular formula is C16H25NO. The van der Waals surface area contributed by atoms with Crippen LogP contribution < -0.4 is 10.1 Å². The molecule has 1 unspecified atom stereocenters. The first-order chi connectivity index (χ1) is 8.85. The van der Waals surface area contributed by atoms with Gasteiger partial charge in [0.15, 0.2) is 0 Å². The van der Waals surface area contributed by atoms with E-state index >= 15 is 0 Å². The molecule has 0 saturated heterocycles. The van der Waals surface area contributed by atoms with Gasteiger partial charge in [-0.15, -0.1) is 0 Å². The highest BCUT2D eigenvalue weighted by molar-refractivity contribution is 5.39.